The van der Waals surface area contributed by atoms with Gasteiger partial charge in [0.25, 0.3) is 0 Å². The van der Waals surface area contributed by atoms with Crippen LogP contribution in [0.4, 0.5) is 13.2 Å². The van der Waals surface area contributed by atoms with Gasteiger partial charge < -0.3 is 0 Å². The van der Waals surface area contributed by atoms with Crippen LogP contribution in [0.1, 0.15) is 33.1 Å². The van der Waals surface area contributed by atoms with Crippen molar-refractivity contribution < 1.29 is 13.2 Å². The largest absolute Gasteiger partial charge is 0.391 e. The Balaban J connectivity index is 2.23. The zero-order valence-electron chi connectivity index (χ0n) is 7.49. The van der Waals surface area contributed by atoms with Crippen molar-refractivity contribution in [3.63, 3.8) is 0 Å². The summed E-state index contributed by atoms with van der Waals surface area (Å²) < 4.78 is 36.2. The summed E-state index contributed by atoms with van der Waals surface area (Å²) in [6, 6.07) is 0. The van der Waals surface area contributed by atoms with Crippen LogP contribution in [0.3, 0.4) is 0 Å². The van der Waals surface area contributed by atoms with E-state index in [1.165, 1.54) is 6.92 Å². The Labute approximate surface area is 71.1 Å². The summed E-state index contributed by atoms with van der Waals surface area (Å²) in [5.74, 6) is -0.137. The molecule has 0 unspecified atom stereocenters. The molecule has 0 aromatic carbocycles. The Morgan fingerprint density at radius 2 is 1.83 bits per heavy atom. The summed E-state index contributed by atoms with van der Waals surface area (Å²) in [6.45, 7) is 3.37. The molecule has 72 valence electrons. The van der Waals surface area contributed by atoms with E-state index in [0.29, 0.717) is 18.3 Å². The van der Waals surface area contributed by atoms with Gasteiger partial charge in [0.1, 0.15) is 0 Å². The normalized spacial score (nSPS) is 32.8. The van der Waals surface area contributed by atoms with E-state index in [4.69, 9.17) is 0 Å². The average molecular weight is 180 g/mol. The van der Waals surface area contributed by atoms with Gasteiger partial charge in [-0.3, -0.25) is 0 Å². The first-order valence-corrected chi connectivity index (χ1v) is 4.46. The number of hydrogen-bond donors (Lipinski definition) is 0. The van der Waals surface area contributed by atoms with Crippen LogP contribution in [0.5, 0.6) is 0 Å². The lowest BCUT2D eigenvalue weighted by molar-refractivity contribution is -0.176. The van der Waals surface area contributed by atoms with Crippen molar-refractivity contribution in [2.75, 3.05) is 0 Å². The van der Waals surface area contributed by atoms with Crippen LogP contribution in [0.25, 0.3) is 0 Å². The number of rotatable bonds is 2. The third-order valence-electron chi connectivity index (χ3n) is 2.72. The SMILES string of the molecule is CC1CC(C[C@H](C)C(F)(F)F)C1. The molecule has 0 radical (unpaired) electrons. The van der Waals surface area contributed by atoms with Gasteiger partial charge in [-0.15, -0.1) is 0 Å². The third kappa shape index (κ3) is 2.39. The number of hydrogen-bond acceptors (Lipinski definition) is 0. The quantitative estimate of drug-likeness (QED) is 0.608. The van der Waals surface area contributed by atoms with Gasteiger partial charge >= 0.3 is 6.18 Å². The maximum Gasteiger partial charge on any atom is 0.391 e. The van der Waals surface area contributed by atoms with E-state index in [1.807, 2.05) is 0 Å². The highest BCUT2D eigenvalue weighted by Gasteiger charge is 2.39. The predicted molar refractivity (Wildman–Crippen MR) is 41.7 cm³/mol. The number of alkyl halides is 3. The van der Waals surface area contributed by atoms with Gasteiger partial charge in [-0.2, -0.15) is 13.2 Å². The molecule has 1 rings (SSSR count). The van der Waals surface area contributed by atoms with Crippen LogP contribution < -0.4 is 0 Å². The van der Waals surface area contributed by atoms with Crippen molar-refractivity contribution in [2.45, 2.75) is 39.3 Å². The molecule has 1 aliphatic rings. The van der Waals surface area contributed by atoms with Crippen LogP contribution in [-0.2, 0) is 0 Å². The minimum atomic E-state index is -3.99. The molecule has 0 aromatic rings. The minimum Gasteiger partial charge on any atom is -0.171 e. The van der Waals surface area contributed by atoms with Crippen LogP contribution in [-0.4, -0.2) is 6.18 Å². The number of halogens is 3. The molecule has 1 atom stereocenters. The molecule has 1 saturated carbocycles. The summed E-state index contributed by atoms with van der Waals surface area (Å²) in [5.41, 5.74) is 0. The molecule has 12 heavy (non-hydrogen) atoms. The van der Waals surface area contributed by atoms with E-state index in [2.05, 4.69) is 6.92 Å². The van der Waals surface area contributed by atoms with E-state index in [9.17, 15) is 13.2 Å². The summed E-state index contributed by atoms with van der Waals surface area (Å²) in [6.07, 6.45) is -1.69. The highest BCUT2D eigenvalue weighted by atomic mass is 19.4. The van der Waals surface area contributed by atoms with Gasteiger partial charge in [-0.05, 0) is 31.1 Å². The molecule has 1 fully saturated rings. The predicted octanol–water partition coefficient (Wildman–Crippen LogP) is 3.62. The van der Waals surface area contributed by atoms with Crippen LogP contribution in [0.15, 0.2) is 0 Å². The zero-order valence-corrected chi connectivity index (χ0v) is 7.49. The average Bonchev–Trinajstić information content (AvgIpc) is 1.82. The monoisotopic (exact) mass is 180 g/mol. The Hall–Kier alpha value is -0.210. The van der Waals surface area contributed by atoms with Crippen molar-refractivity contribution >= 4 is 0 Å². The molecule has 0 heterocycles. The lowest BCUT2D eigenvalue weighted by Gasteiger charge is -2.34. The smallest absolute Gasteiger partial charge is 0.171 e. The van der Waals surface area contributed by atoms with Crippen molar-refractivity contribution in [2.24, 2.45) is 17.8 Å². The first kappa shape index (κ1) is 9.87. The van der Waals surface area contributed by atoms with Crippen molar-refractivity contribution in [1.29, 1.82) is 0 Å². The van der Waals surface area contributed by atoms with E-state index >= 15 is 0 Å². The molecule has 1 aliphatic carbocycles. The lowest BCUT2D eigenvalue weighted by atomic mass is 9.72. The molecule has 0 amide bonds. The molecule has 0 saturated heterocycles. The molecule has 0 N–H and O–H groups in total. The van der Waals surface area contributed by atoms with Gasteiger partial charge in [-0.1, -0.05) is 13.8 Å². The fraction of sp³-hybridized carbons (Fsp3) is 1.00. The maximum atomic E-state index is 12.1. The van der Waals surface area contributed by atoms with E-state index in [-0.39, 0.29) is 0 Å². The Kier molecular flexibility index (Phi) is 2.69. The first-order valence-electron chi connectivity index (χ1n) is 4.46. The van der Waals surface area contributed by atoms with Gasteiger partial charge in [0.2, 0.25) is 0 Å². The third-order valence-corrected chi connectivity index (χ3v) is 2.72. The van der Waals surface area contributed by atoms with Gasteiger partial charge in [0.05, 0.1) is 5.92 Å². The fourth-order valence-electron chi connectivity index (χ4n) is 1.90. The molecular formula is C9H15F3. The van der Waals surface area contributed by atoms with E-state index < -0.39 is 12.1 Å². The highest BCUT2D eigenvalue weighted by Crippen LogP contribution is 2.41. The Morgan fingerprint density at radius 3 is 2.17 bits per heavy atom. The second-order valence-electron chi connectivity index (χ2n) is 4.12. The van der Waals surface area contributed by atoms with Crippen LogP contribution >= 0.6 is 0 Å². The van der Waals surface area contributed by atoms with Crippen molar-refractivity contribution in [3.8, 4) is 0 Å². The Morgan fingerprint density at radius 1 is 1.33 bits per heavy atom. The van der Waals surface area contributed by atoms with Crippen molar-refractivity contribution in [1.82, 2.24) is 0 Å². The molecule has 0 nitrogen and oxygen atoms in total. The molecule has 0 aromatic heterocycles. The van der Waals surface area contributed by atoms with Crippen LogP contribution in [0.2, 0.25) is 0 Å². The second kappa shape index (κ2) is 3.27. The molecule has 0 aliphatic heterocycles. The van der Waals surface area contributed by atoms with E-state index in [1.54, 1.807) is 0 Å². The van der Waals surface area contributed by atoms with Gasteiger partial charge in [-0.25, -0.2) is 0 Å². The molecule has 3 heteroatoms. The van der Waals surface area contributed by atoms with Crippen molar-refractivity contribution in [3.05, 3.63) is 0 Å². The highest BCUT2D eigenvalue weighted by molar-refractivity contribution is 4.79. The minimum absolute atomic E-state index is 0.327. The second-order valence-corrected chi connectivity index (χ2v) is 4.12. The van der Waals surface area contributed by atoms with Gasteiger partial charge in [0.15, 0.2) is 0 Å². The molecule has 0 spiro atoms. The van der Waals surface area contributed by atoms with Crippen LogP contribution in [0, 0.1) is 17.8 Å². The standard InChI is InChI=1S/C9H15F3/c1-6-3-8(4-6)5-7(2)9(10,11)12/h6-8H,3-5H2,1-2H3/t6?,7-,8?/m0/s1. The Bertz CT molecular complexity index is 144. The molecule has 0 bridgehead atoms. The summed E-state index contributed by atoms with van der Waals surface area (Å²) in [7, 11) is 0. The van der Waals surface area contributed by atoms with E-state index in [0.717, 1.165) is 12.8 Å². The zero-order chi connectivity index (χ0) is 9.35. The summed E-state index contributed by atoms with van der Waals surface area (Å²) >= 11 is 0. The van der Waals surface area contributed by atoms with Gasteiger partial charge in [0, 0.05) is 0 Å². The lowest BCUT2D eigenvalue weighted by Crippen LogP contribution is -2.28. The first-order chi connectivity index (χ1) is 5.39. The summed E-state index contributed by atoms with van der Waals surface area (Å²) in [5, 5.41) is 0. The molecular weight excluding hydrogens is 165 g/mol. The maximum absolute atomic E-state index is 12.1. The summed E-state index contributed by atoms with van der Waals surface area (Å²) in [4.78, 5) is 0. The topological polar surface area (TPSA) is 0 Å². The fourth-order valence-corrected chi connectivity index (χ4v) is 1.90.